The van der Waals surface area contributed by atoms with E-state index in [9.17, 15) is 4.79 Å². The van der Waals surface area contributed by atoms with Gasteiger partial charge >= 0.3 is 0 Å². The highest BCUT2D eigenvalue weighted by Crippen LogP contribution is 2.35. The Morgan fingerprint density at radius 1 is 1.14 bits per heavy atom. The maximum absolute atomic E-state index is 13.0. The SMILES string of the molecule is O=C(N[C@@H]1C2CCN(CC2)[C@H]1Cc1cccnc1)c1ccc(-c2cccs2)s1. The molecule has 0 aromatic carbocycles. The van der Waals surface area contributed by atoms with Crippen molar-refractivity contribution in [1.82, 2.24) is 15.2 Å². The molecule has 1 N–H and O–H groups in total. The van der Waals surface area contributed by atoms with E-state index in [4.69, 9.17) is 0 Å². The lowest BCUT2D eigenvalue weighted by molar-refractivity contribution is 0.0137. The molecule has 3 aliphatic rings. The Hall–Kier alpha value is -2.02. The number of aromatic nitrogens is 1. The van der Waals surface area contributed by atoms with Crippen LogP contribution in [0.1, 0.15) is 28.1 Å². The molecule has 3 aromatic rings. The van der Waals surface area contributed by atoms with Crippen molar-refractivity contribution >= 4 is 28.6 Å². The van der Waals surface area contributed by atoms with E-state index in [0.29, 0.717) is 12.0 Å². The highest BCUT2D eigenvalue weighted by molar-refractivity contribution is 7.22. The molecule has 6 heteroatoms. The molecule has 1 amide bonds. The van der Waals surface area contributed by atoms with E-state index in [1.54, 1.807) is 22.7 Å². The van der Waals surface area contributed by atoms with E-state index in [2.05, 4.69) is 44.8 Å². The monoisotopic (exact) mass is 409 g/mol. The number of hydrogen-bond donors (Lipinski definition) is 1. The molecule has 2 atom stereocenters. The van der Waals surface area contributed by atoms with E-state index in [0.717, 1.165) is 24.4 Å². The third-order valence-electron chi connectivity index (χ3n) is 6.02. The zero-order chi connectivity index (χ0) is 18.9. The van der Waals surface area contributed by atoms with Crippen molar-refractivity contribution in [3.63, 3.8) is 0 Å². The number of piperidine rings is 3. The summed E-state index contributed by atoms with van der Waals surface area (Å²) in [5.41, 5.74) is 1.25. The molecule has 144 valence electrons. The molecule has 0 radical (unpaired) electrons. The molecule has 3 aromatic heterocycles. The number of thiophene rings is 2. The van der Waals surface area contributed by atoms with Crippen LogP contribution < -0.4 is 5.32 Å². The normalized spacial score (nSPS) is 26.3. The maximum Gasteiger partial charge on any atom is 0.261 e. The first kappa shape index (κ1) is 18.0. The summed E-state index contributed by atoms with van der Waals surface area (Å²) in [4.78, 5) is 23.1. The van der Waals surface area contributed by atoms with Crippen LogP contribution in [-0.2, 0) is 6.42 Å². The Kier molecular flexibility index (Phi) is 5.01. The minimum absolute atomic E-state index is 0.0720. The lowest BCUT2D eigenvalue weighted by Crippen LogP contribution is -2.64. The summed E-state index contributed by atoms with van der Waals surface area (Å²) < 4.78 is 0. The van der Waals surface area contributed by atoms with E-state index in [1.165, 1.54) is 28.2 Å². The molecule has 0 unspecified atom stereocenters. The van der Waals surface area contributed by atoms with E-state index in [1.807, 2.05) is 24.5 Å². The standard InChI is InChI=1S/C22H23N3OS2/c26-22(20-6-5-19(28-20)18-4-2-12-27-18)24-21-16-7-10-25(11-8-16)17(21)13-15-3-1-9-23-14-15/h1-6,9,12,14,16-17,21H,7-8,10-11,13H2,(H,24,26)/t17-,21+/m0/s1. The van der Waals surface area contributed by atoms with Crippen molar-refractivity contribution in [3.05, 3.63) is 64.6 Å². The van der Waals surface area contributed by atoms with E-state index >= 15 is 0 Å². The first-order chi connectivity index (χ1) is 13.8. The van der Waals surface area contributed by atoms with Gasteiger partial charge in [-0.3, -0.25) is 14.7 Å². The maximum atomic E-state index is 13.0. The van der Waals surface area contributed by atoms with Crippen molar-refractivity contribution in [2.75, 3.05) is 13.1 Å². The quantitative estimate of drug-likeness (QED) is 0.683. The molecule has 6 heterocycles. The second-order valence-electron chi connectivity index (χ2n) is 7.65. The fourth-order valence-electron chi connectivity index (χ4n) is 4.62. The van der Waals surface area contributed by atoms with Crippen LogP contribution in [0.15, 0.2) is 54.2 Å². The van der Waals surface area contributed by atoms with Gasteiger partial charge in [-0.05, 0) is 73.5 Å². The molecule has 3 saturated heterocycles. The largest absolute Gasteiger partial charge is 0.347 e. The van der Waals surface area contributed by atoms with Crippen molar-refractivity contribution < 1.29 is 4.79 Å². The van der Waals surface area contributed by atoms with Crippen LogP contribution in [-0.4, -0.2) is 41.0 Å². The molecule has 2 bridgehead atoms. The molecule has 28 heavy (non-hydrogen) atoms. The van der Waals surface area contributed by atoms with Crippen molar-refractivity contribution in [2.24, 2.45) is 5.92 Å². The Balaban J connectivity index is 1.34. The number of hydrogen-bond acceptors (Lipinski definition) is 5. The summed E-state index contributed by atoms with van der Waals surface area (Å²) in [5, 5.41) is 5.48. The first-order valence-electron chi connectivity index (χ1n) is 9.85. The number of nitrogens with zero attached hydrogens (tertiary/aromatic N) is 2. The topological polar surface area (TPSA) is 45.2 Å². The predicted molar refractivity (Wildman–Crippen MR) is 115 cm³/mol. The van der Waals surface area contributed by atoms with Gasteiger partial charge in [0.1, 0.15) is 0 Å². The van der Waals surface area contributed by atoms with Gasteiger partial charge in [0.15, 0.2) is 0 Å². The van der Waals surface area contributed by atoms with Crippen LogP contribution in [0.25, 0.3) is 9.75 Å². The van der Waals surface area contributed by atoms with E-state index in [-0.39, 0.29) is 11.9 Å². The summed E-state index contributed by atoms with van der Waals surface area (Å²) in [6.45, 7) is 2.28. The number of carbonyl (C=O) groups excluding carboxylic acids is 1. The summed E-state index contributed by atoms with van der Waals surface area (Å²) in [6, 6.07) is 12.9. The third kappa shape index (κ3) is 3.52. The van der Waals surface area contributed by atoms with Gasteiger partial charge in [-0.25, -0.2) is 0 Å². The molecule has 0 aliphatic carbocycles. The minimum Gasteiger partial charge on any atom is -0.347 e. The lowest BCUT2D eigenvalue weighted by Gasteiger charge is -2.51. The van der Waals surface area contributed by atoms with Crippen LogP contribution in [0.5, 0.6) is 0 Å². The molecule has 3 aliphatic heterocycles. The molecular weight excluding hydrogens is 386 g/mol. The van der Waals surface area contributed by atoms with Crippen LogP contribution in [0, 0.1) is 5.92 Å². The van der Waals surface area contributed by atoms with Crippen LogP contribution in [0.4, 0.5) is 0 Å². The van der Waals surface area contributed by atoms with Gasteiger partial charge < -0.3 is 5.32 Å². The lowest BCUT2D eigenvalue weighted by atomic mass is 9.77. The Bertz CT molecular complexity index is 930. The second kappa shape index (κ2) is 7.78. The zero-order valence-corrected chi connectivity index (χ0v) is 17.2. The molecule has 0 spiro atoms. The van der Waals surface area contributed by atoms with Gasteiger partial charge in [0.2, 0.25) is 0 Å². The zero-order valence-electron chi connectivity index (χ0n) is 15.6. The van der Waals surface area contributed by atoms with Crippen LogP contribution in [0.2, 0.25) is 0 Å². The van der Waals surface area contributed by atoms with Crippen molar-refractivity contribution in [2.45, 2.75) is 31.3 Å². The van der Waals surface area contributed by atoms with Crippen LogP contribution in [0.3, 0.4) is 0 Å². The molecule has 3 fully saturated rings. The van der Waals surface area contributed by atoms with Gasteiger partial charge in [-0.2, -0.15) is 0 Å². The van der Waals surface area contributed by atoms with Crippen molar-refractivity contribution in [3.8, 4) is 9.75 Å². The summed E-state index contributed by atoms with van der Waals surface area (Å²) >= 11 is 3.30. The number of carbonyl (C=O) groups is 1. The number of fused-ring (bicyclic) bond motifs is 3. The van der Waals surface area contributed by atoms with Gasteiger partial charge in [-0.1, -0.05) is 12.1 Å². The first-order valence-corrected chi connectivity index (χ1v) is 11.5. The third-order valence-corrected chi connectivity index (χ3v) is 8.17. The van der Waals surface area contributed by atoms with E-state index < -0.39 is 0 Å². The summed E-state index contributed by atoms with van der Waals surface area (Å²) in [6.07, 6.45) is 7.08. The number of rotatable bonds is 5. The molecule has 0 saturated carbocycles. The highest BCUT2D eigenvalue weighted by Gasteiger charge is 2.42. The molecule has 4 nitrogen and oxygen atoms in total. The fraction of sp³-hybridized carbons (Fsp3) is 0.364. The number of pyridine rings is 1. The number of nitrogens with one attached hydrogen (secondary N) is 1. The Morgan fingerprint density at radius 3 is 2.79 bits per heavy atom. The fourth-order valence-corrected chi connectivity index (χ4v) is 6.36. The predicted octanol–water partition coefficient (Wildman–Crippen LogP) is 4.31. The Morgan fingerprint density at radius 2 is 2.04 bits per heavy atom. The summed E-state index contributed by atoms with van der Waals surface area (Å²) in [5.74, 6) is 0.648. The molecular formula is C22H23N3OS2. The average molecular weight is 410 g/mol. The smallest absolute Gasteiger partial charge is 0.261 e. The average Bonchev–Trinajstić information content (AvgIpc) is 3.43. The highest BCUT2D eigenvalue weighted by atomic mass is 32.1. The van der Waals surface area contributed by atoms with Gasteiger partial charge in [0.05, 0.1) is 4.88 Å². The van der Waals surface area contributed by atoms with Crippen LogP contribution >= 0.6 is 22.7 Å². The van der Waals surface area contributed by atoms with Crippen molar-refractivity contribution in [1.29, 1.82) is 0 Å². The Labute approximate surface area is 173 Å². The second-order valence-corrected chi connectivity index (χ2v) is 9.68. The number of amides is 1. The van der Waals surface area contributed by atoms with Gasteiger partial charge in [0.25, 0.3) is 5.91 Å². The van der Waals surface area contributed by atoms with Gasteiger partial charge in [-0.15, -0.1) is 22.7 Å². The molecule has 6 rings (SSSR count). The van der Waals surface area contributed by atoms with Gasteiger partial charge in [0, 0.05) is 34.2 Å². The summed E-state index contributed by atoms with van der Waals surface area (Å²) in [7, 11) is 0. The minimum atomic E-state index is 0.0720.